The Balaban J connectivity index is 2.49. The molecule has 0 saturated carbocycles. The van der Waals surface area contributed by atoms with E-state index in [1.54, 1.807) is 0 Å². The summed E-state index contributed by atoms with van der Waals surface area (Å²) >= 11 is 3.08. The van der Waals surface area contributed by atoms with Crippen LogP contribution in [0.4, 0.5) is 23.2 Å². The maximum absolute atomic E-state index is 13.7. The van der Waals surface area contributed by atoms with Gasteiger partial charge in [0.2, 0.25) is 0 Å². The van der Waals surface area contributed by atoms with Crippen LogP contribution in [0.3, 0.4) is 0 Å². The summed E-state index contributed by atoms with van der Waals surface area (Å²) in [5.41, 5.74) is -1.99. The van der Waals surface area contributed by atoms with Gasteiger partial charge in [-0.15, -0.1) is 0 Å². The van der Waals surface area contributed by atoms with Gasteiger partial charge in [-0.05, 0) is 36.4 Å². The molecule has 0 amide bonds. The van der Waals surface area contributed by atoms with Crippen molar-refractivity contribution in [2.24, 2.45) is 0 Å². The summed E-state index contributed by atoms with van der Waals surface area (Å²) in [6.45, 7) is 0. The molecule has 1 N–H and O–H groups in total. The van der Waals surface area contributed by atoms with Crippen LogP contribution >= 0.6 is 15.9 Å². The van der Waals surface area contributed by atoms with E-state index in [2.05, 4.69) is 15.9 Å². The molecule has 0 saturated heterocycles. The first-order valence-corrected chi connectivity index (χ1v) is 8.55. The van der Waals surface area contributed by atoms with E-state index in [4.69, 9.17) is 4.74 Å². The third kappa shape index (κ3) is 3.99. The van der Waals surface area contributed by atoms with Crippen molar-refractivity contribution in [2.45, 2.75) is 11.1 Å². The van der Waals surface area contributed by atoms with Gasteiger partial charge in [-0.1, -0.05) is 15.9 Å². The Labute approximate surface area is 143 Å². The lowest BCUT2D eigenvalue weighted by atomic mass is 10.2. The molecule has 0 heterocycles. The number of ether oxygens (including phenoxy) is 1. The molecule has 0 bridgehead atoms. The lowest BCUT2D eigenvalue weighted by molar-refractivity contribution is -0.137. The molecule has 2 aromatic carbocycles. The molecule has 0 fully saturated rings. The van der Waals surface area contributed by atoms with Crippen LogP contribution in [0.25, 0.3) is 0 Å². The maximum atomic E-state index is 13.7. The third-order valence-electron chi connectivity index (χ3n) is 2.95. The first-order chi connectivity index (χ1) is 11.0. The molecule has 0 aliphatic heterocycles. The minimum absolute atomic E-state index is 0.0434. The highest BCUT2D eigenvalue weighted by Gasteiger charge is 2.32. The smallest absolute Gasteiger partial charge is 0.416 e. The van der Waals surface area contributed by atoms with Crippen molar-refractivity contribution < 1.29 is 30.7 Å². The number of alkyl halides is 3. The summed E-state index contributed by atoms with van der Waals surface area (Å²) in [6.07, 6.45) is -4.73. The standard InChI is InChI=1S/C14H10BrF4NO3S/c1-23-12-5-3-9(15)7-13(12)24(21,22)20-11-6-8(14(17,18)19)2-4-10(11)16/h2-7,20H,1H3. The van der Waals surface area contributed by atoms with Crippen molar-refractivity contribution in [3.63, 3.8) is 0 Å². The zero-order valence-corrected chi connectivity index (χ0v) is 14.4. The first kappa shape index (κ1) is 18.5. The van der Waals surface area contributed by atoms with Crippen LogP contribution in [0.5, 0.6) is 5.75 Å². The van der Waals surface area contributed by atoms with Crippen LogP contribution in [0.15, 0.2) is 45.8 Å². The lowest BCUT2D eigenvalue weighted by Gasteiger charge is -2.14. The summed E-state index contributed by atoms with van der Waals surface area (Å²) < 4.78 is 83.7. The number of methoxy groups -OCH3 is 1. The molecule has 0 unspecified atom stereocenters. The number of hydrogen-bond acceptors (Lipinski definition) is 3. The van der Waals surface area contributed by atoms with Gasteiger partial charge in [0.05, 0.1) is 18.4 Å². The van der Waals surface area contributed by atoms with Gasteiger partial charge in [0.15, 0.2) is 0 Å². The summed E-state index contributed by atoms with van der Waals surface area (Å²) in [6, 6.07) is 5.50. The topological polar surface area (TPSA) is 55.4 Å². The fourth-order valence-electron chi connectivity index (χ4n) is 1.84. The molecule has 0 aromatic heterocycles. The third-order valence-corrected chi connectivity index (χ3v) is 4.83. The van der Waals surface area contributed by atoms with Crippen LogP contribution < -0.4 is 9.46 Å². The molecule has 10 heteroatoms. The van der Waals surface area contributed by atoms with Crippen LogP contribution in [0.2, 0.25) is 0 Å². The molecule has 0 radical (unpaired) electrons. The molecular weight excluding hydrogens is 418 g/mol. The average molecular weight is 428 g/mol. The number of rotatable bonds is 4. The van der Waals surface area contributed by atoms with Gasteiger partial charge < -0.3 is 4.74 Å². The Kier molecular flexibility index (Phi) is 5.09. The normalized spacial score (nSPS) is 12.1. The first-order valence-electron chi connectivity index (χ1n) is 6.27. The summed E-state index contributed by atoms with van der Waals surface area (Å²) in [4.78, 5) is -0.351. The van der Waals surface area contributed by atoms with E-state index in [-0.39, 0.29) is 10.6 Å². The van der Waals surface area contributed by atoms with E-state index >= 15 is 0 Å². The minimum atomic E-state index is -4.73. The highest BCUT2D eigenvalue weighted by atomic mass is 79.9. The Morgan fingerprint density at radius 2 is 1.79 bits per heavy atom. The van der Waals surface area contributed by atoms with Gasteiger partial charge in [0.25, 0.3) is 10.0 Å². The van der Waals surface area contributed by atoms with E-state index in [9.17, 15) is 26.0 Å². The molecular formula is C14H10BrF4NO3S. The van der Waals surface area contributed by atoms with Crippen molar-refractivity contribution in [1.82, 2.24) is 0 Å². The van der Waals surface area contributed by atoms with E-state index in [1.807, 2.05) is 4.72 Å². The Morgan fingerprint density at radius 3 is 2.38 bits per heavy atom. The second-order valence-corrected chi connectivity index (χ2v) is 7.16. The number of halogens is 5. The second-order valence-electron chi connectivity index (χ2n) is 4.59. The van der Waals surface area contributed by atoms with Crippen molar-refractivity contribution in [1.29, 1.82) is 0 Å². The van der Waals surface area contributed by atoms with Gasteiger partial charge in [-0.2, -0.15) is 13.2 Å². The number of sulfonamides is 1. The summed E-state index contributed by atoms with van der Waals surface area (Å²) in [7, 11) is -3.15. The van der Waals surface area contributed by atoms with Gasteiger partial charge in [0, 0.05) is 4.47 Å². The molecule has 0 atom stereocenters. The van der Waals surface area contributed by atoms with Gasteiger partial charge in [-0.3, -0.25) is 4.72 Å². The van der Waals surface area contributed by atoms with Crippen molar-refractivity contribution in [2.75, 3.05) is 11.8 Å². The van der Waals surface area contributed by atoms with Gasteiger partial charge in [-0.25, -0.2) is 12.8 Å². The molecule has 0 spiro atoms. The average Bonchev–Trinajstić information content (AvgIpc) is 2.48. The zero-order valence-electron chi connectivity index (χ0n) is 12.0. The number of benzene rings is 2. The van der Waals surface area contributed by atoms with Crippen molar-refractivity contribution >= 4 is 31.6 Å². The van der Waals surface area contributed by atoms with E-state index < -0.39 is 33.3 Å². The largest absolute Gasteiger partial charge is 0.495 e. The van der Waals surface area contributed by atoms with Crippen LogP contribution in [0, 0.1) is 5.82 Å². The molecule has 24 heavy (non-hydrogen) atoms. The minimum Gasteiger partial charge on any atom is -0.495 e. The lowest BCUT2D eigenvalue weighted by Crippen LogP contribution is -2.16. The molecule has 4 nitrogen and oxygen atoms in total. The number of anilines is 1. The highest BCUT2D eigenvalue weighted by molar-refractivity contribution is 9.10. The monoisotopic (exact) mass is 427 g/mol. The van der Waals surface area contributed by atoms with Crippen LogP contribution in [-0.2, 0) is 16.2 Å². The maximum Gasteiger partial charge on any atom is 0.416 e. The van der Waals surface area contributed by atoms with Crippen LogP contribution in [-0.4, -0.2) is 15.5 Å². The summed E-state index contributed by atoms with van der Waals surface area (Å²) in [5, 5.41) is 0. The van der Waals surface area contributed by atoms with E-state index in [1.165, 1.54) is 25.3 Å². The number of hydrogen-bond donors (Lipinski definition) is 1. The Morgan fingerprint density at radius 1 is 1.12 bits per heavy atom. The molecule has 2 rings (SSSR count). The SMILES string of the molecule is COc1ccc(Br)cc1S(=O)(=O)Nc1cc(C(F)(F)F)ccc1F. The van der Waals surface area contributed by atoms with E-state index in [0.717, 1.165) is 0 Å². The zero-order chi connectivity index (χ0) is 18.1. The molecule has 2 aromatic rings. The fourth-order valence-corrected chi connectivity index (χ4v) is 3.61. The quantitative estimate of drug-likeness (QED) is 0.734. The number of nitrogens with one attached hydrogen (secondary N) is 1. The fraction of sp³-hybridized carbons (Fsp3) is 0.143. The van der Waals surface area contributed by atoms with Crippen LogP contribution in [0.1, 0.15) is 5.56 Å². The Hall–Kier alpha value is -1.81. The molecule has 0 aliphatic carbocycles. The van der Waals surface area contributed by atoms with Gasteiger partial charge in [0.1, 0.15) is 16.5 Å². The van der Waals surface area contributed by atoms with Crippen molar-refractivity contribution in [3.05, 3.63) is 52.3 Å². The van der Waals surface area contributed by atoms with Gasteiger partial charge >= 0.3 is 6.18 Å². The predicted molar refractivity (Wildman–Crippen MR) is 82.9 cm³/mol. The molecule has 130 valence electrons. The van der Waals surface area contributed by atoms with Crippen molar-refractivity contribution in [3.8, 4) is 5.75 Å². The Bertz CT molecular complexity index is 869. The van der Waals surface area contributed by atoms with E-state index in [0.29, 0.717) is 22.7 Å². The summed E-state index contributed by atoms with van der Waals surface area (Å²) in [5.74, 6) is -1.18. The predicted octanol–water partition coefficient (Wildman–Crippen LogP) is 4.42. The molecule has 0 aliphatic rings. The second kappa shape index (κ2) is 6.60. The highest BCUT2D eigenvalue weighted by Crippen LogP contribution is 2.34.